The highest BCUT2D eigenvalue weighted by atomic mass is 15.3. The second-order valence-electron chi connectivity index (χ2n) is 10.6. The van der Waals surface area contributed by atoms with E-state index in [0.29, 0.717) is 11.8 Å². The van der Waals surface area contributed by atoms with E-state index in [0.717, 1.165) is 0 Å². The molecule has 0 aromatic heterocycles. The normalized spacial score (nSPS) is 54.5. The number of nitrogens with zero attached hydrogens (tertiary/aromatic N) is 6. The van der Waals surface area contributed by atoms with E-state index in [1.54, 1.807) is 0 Å². The van der Waals surface area contributed by atoms with Crippen molar-refractivity contribution in [2.75, 3.05) is 78.5 Å². The van der Waals surface area contributed by atoms with E-state index in [9.17, 15) is 0 Å². The molecule has 0 aromatic carbocycles. The van der Waals surface area contributed by atoms with E-state index < -0.39 is 0 Å². The lowest BCUT2D eigenvalue weighted by Gasteiger charge is -2.51. The van der Waals surface area contributed by atoms with Crippen molar-refractivity contribution >= 4 is 11.4 Å². The van der Waals surface area contributed by atoms with E-state index in [1.165, 1.54) is 103 Å². The molecule has 0 aromatic rings. The lowest BCUT2D eigenvalue weighted by molar-refractivity contribution is 0.112. The van der Waals surface area contributed by atoms with Crippen LogP contribution in [0.3, 0.4) is 0 Å². The lowest BCUT2D eigenvalue weighted by Crippen LogP contribution is -2.62. The molecule has 4 unspecified atom stereocenters. The Morgan fingerprint density at radius 3 is 1.25 bits per heavy atom. The number of rotatable bonds is 3. The van der Waals surface area contributed by atoms with Gasteiger partial charge in [-0.15, -0.1) is 0 Å². The molecule has 8 saturated heterocycles. The quantitative estimate of drug-likeness (QED) is 0.683. The summed E-state index contributed by atoms with van der Waals surface area (Å²) in [5.74, 6) is 1.19. The first kappa shape index (κ1) is 18.0. The second kappa shape index (κ2) is 6.34. The fourth-order valence-electron chi connectivity index (χ4n) is 7.51. The summed E-state index contributed by atoms with van der Waals surface area (Å²) in [7, 11) is 0. The summed E-state index contributed by atoms with van der Waals surface area (Å²) in [5, 5.41) is 10.4. The Morgan fingerprint density at radius 1 is 0.643 bits per heavy atom. The Hall–Kier alpha value is -0.820. The standard InChI is InChI=1S/C22H36N6/c1-3-21-13-25-5-6-26(14-21)10-17(9-25)19(21)23-24-20-18-11-27-7-8-28(12-18)16-22(20,4-2)15-27/h17-18H,3-16H2,1-2H3/b23-19+,24-20+. The molecule has 0 saturated carbocycles. The van der Waals surface area contributed by atoms with Crippen LogP contribution in [0.5, 0.6) is 0 Å². The van der Waals surface area contributed by atoms with Crippen molar-refractivity contribution in [2.24, 2.45) is 32.9 Å². The molecule has 0 amide bonds. The van der Waals surface area contributed by atoms with Gasteiger partial charge in [0.15, 0.2) is 0 Å². The molecule has 8 heterocycles. The maximum atomic E-state index is 5.19. The van der Waals surface area contributed by atoms with E-state index in [2.05, 4.69) is 33.4 Å². The van der Waals surface area contributed by atoms with Crippen molar-refractivity contribution in [3.8, 4) is 0 Å². The minimum Gasteiger partial charge on any atom is -0.300 e. The van der Waals surface area contributed by atoms with Gasteiger partial charge >= 0.3 is 0 Å². The van der Waals surface area contributed by atoms with Gasteiger partial charge in [0.05, 0.1) is 11.4 Å². The zero-order chi connectivity index (χ0) is 18.9. The van der Waals surface area contributed by atoms with Crippen LogP contribution in [0.2, 0.25) is 0 Å². The molecule has 0 aliphatic carbocycles. The van der Waals surface area contributed by atoms with Crippen molar-refractivity contribution in [1.82, 2.24) is 19.6 Å². The molecule has 6 heteroatoms. The van der Waals surface area contributed by atoms with Crippen LogP contribution >= 0.6 is 0 Å². The van der Waals surface area contributed by atoms with Gasteiger partial charge < -0.3 is 19.6 Å². The number of hydrogen-bond acceptors (Lipinski definition) is 6. The third-order valence-corrected chi connectivity index (χ3v) is 8.96. The fraction of sp³-hybridized carbons (Fsp3) is 0.909. The number of hydrogen-bond donors (Lipinski definition) is 0. The third-order valence-electron chi connectivity index (χ3n) is 8.96. The van der Waals surface area contributed by atoms with E-state index in [4.69, 9.17) is 10.2 Å². The zero-order valence-electron chi connectivity index (χ0n) is 17.7. The minimum absolute atomic E-state index is 0.247. The minimum atomic E-state index is 0.247. The molecule has 8 rings (SSSR count). The Morgan fingerprint density at radius 2 is 0.964 bits per heavy atom. The van der Waals surface area contributed by atoms with E-state index in [1.807, 2.05) is 0 Å². The van der Waals surface area contributed by atoms with E-state index in [-0.39, 0.29) is 10.8 Å². The third kappa shape index (κ3) is 2.54. The van der Waals surface area contributed by atoms with Gasteiger partial charge in [-0.25, -0.2) is 0 Å². The highest BCUT2D eigenvalue weighted by molar-refractivity contribution is 5.98. The molecule has 8 fully saturated rings. The van der Waals surface area contributed by atoms with Gasteiger partial charge in [0.2, 0.25) is 0 Å². The van der Waals surface area contributed by atoms with Crippen LogP contribution in [0.25, 0.3) is 0 Å². The van der Waals surface area contributed by atoms with Crippen LogP contribution in [0.1, 0.15) is 26.7 Å². The molecule has 0 radical (unpaired) electrons. The molecule has 4 atom stereocenters. The zero-order valence-corrected chi connectivity index (χ0v) is 17.7. The molecular formula is C22H36N6. The Bertz CT molecular complexity index is 622. The lowest BCUT2D eigenvalue weighted by atomic mass is 9.68. The van der Waals surface area contributed by atoms with Crippen LogP contribution in [0.15, 0.2) is 10.2 Å². The van der Waals surface area contributed by atoms with Gasteiger partial charge in [0, 0.05) is 101 Å². The molecule has 8 bridgehead atoms. The van der Waals surface area contributed by atoms with Crippen LogP contribution in [0.4, 0.5) is 0 Å². The maximum Gasteiger partial charge on any atom is 0.0549 e. The summed E-state index contributed by atoms with van der Waals surface area (Å²) >= 11 is 0. The van der Waals surface area contributed by atoms with Crippen molar-refractivity contribution in [3.05, 3.63) is 0 Å². The van der Waals surface area contributed by atoms with Crippen LogP contribution in [-0.4, -0.2) is 110 Å². The van der Waals surface area contributed by atoms with Crippen LogP contribution in [-0.2, 0) is 0 Å². The average molecular weight is 385 g/mol. The van der Waals surface area contributed by atoms with Gasteiger partial charge in [-0.2, -0.15) is 10.2 Å². The number of fused-ring (bicyclic) bond motifs is 2. The smallest absolute Gasteiger partial charge is 0.0549 e. The monoisotopic (exact) mass is 384 g/mol. The molecule has 8 aliphatic heterocycles. The summed E-state index contributed by atoms with van der Waals surface area (Å²) in [4.78, 5) is 10.8. The molecular weight excluding hydrogens is 348 g/mol. The highest BCUT2D eigenvalue weighted by Crippen LogP contribution is 2.43. The molecule has 0 spiro atoms. The number of piperidine rings is 4. The Kier molecular flexibility index (Phi) is 4.07. The summed E-state index contributed by atoms with van der Waals surface area (Å²) in [6.45, 7) is 19.3. The molecule has 28 heavy (non-hydrogen) atoms. The topological polar surface area (TPSA) is 37.7 Å². The fourth-order valence-corrected chi connectivity index (χ4v) is 7.51. The maximum absolute atomic E-state index is 5.19. The van der Waals surface area contributed by atoms with Crippen molar-refractivity contribution in [2.45, 2.75) is 26.7 Å². The summed E-state index contributed by atoms with van der Waals surface area (Å²) in [6.07, 6.45) is 2.40. The molecule has 8 aliphatic rings. The van der Waals surface area contributed by atoms with Gasteiger partial charge in [0.25, 0.3) is 0 Å². The first-order chi connectivity index (χ1) is 13.6. The Labute approximate surface area is 169 Å². The summed E-state index contributed by atoms with van der Waals surface area (Å²) < 4.78 is 0. The predicted molar refractivity (Wildman–Crippen MR) is 113 cm³/mol. The van der Waals surface area contributed by atoms with Crippen molar-refractivity contribution in [3.63, 3.8) is 0 Å². The summed E-state index contributed by atoms with van der Waals surface area (Å²) in [5.41, 5.74) is 3.40. The van der Waals surface area contributed by atoms with Crippen molar-refractivity contribution in [1.29, 1.82) is 0 Å². The van der Waals surface area contributed by atoms with Crippen LogP contribution < -0.4 is 0 Å². The molecule has 6 nitrogen and oxygen atoms in total. The van der Waals surface area contributed by atoms with E-state index >= 15 is 0 Å². The largest absolute Gasteiger partial charge is 0.300 e. The van der Waals surface area contributed by atoms with Crippen LogP contribution in [0, 0.1) is 22.7 Å². The SMILES string of the molecule is CCC12CN3CCN(CC(C3)/C1=N\N=C1/C3CN4CCN(C3)CC1(CC)C4)C2. The predicted octanol–water partition coefficient (Wildman–Crippen LogP) is 1.10. The first-order valence-corrected chi connectivity index (χ1v) is 11.7. The molecule has 0 N–H and O–H groups in total. The van der Waals surface area contributed by atoms with Gasteiger partial charge in [-0.1, -0.05) is 13.8 Å². The summed E-state index contributed by atoms with van der Waals surface area (Å²) in [6, 6.07) is 0. The molecule has 154 valence electrons. The first-order valence-electron chi connectivity index (χ1n) is 11.7. The highest BCUT2D eigenvalue weighted by Gasteiger charge is 2.53. The van der Waals surface area contributed by atoms with Gasteiger partial charge in [0.1, 0.15) is 0 Å². The van der Waals surface area contributed by atoms with Crippen molar-refractivity contribution < 1.29 is 0 Å². The van der Waals surface area contributed by atoms with Gasteiger partial charge in [-0.3, -0.25) is 0 Å². The Balaban J connectivity index is 1.39. The average Bonchev–Trinajstić information content (AvgIpc) is 3.07. The second-order valence-corrected chi connectivity index (χ2v) is 10.6. The van der Waals surface area contributed by atoms with Gasteiger partial charge in [-0.05, 0) is 12.8 Å².